The summed E-state index contributed by atoms with van der Waals surface area (Å²) in [7, 11) is 0. The van der Waals surface area contributed by atoms with E-state index < -0.39 is 36.0 Å². The highest BCUT2D eigenvalue weighted by Crippen LogP contribution is 2.63. The molecule has 0 aromatic heterocycles. The maximum Gasteiger partial charge on any atom is 0.435 e. The van der Waals surface area contributed by atoms with Crippen LogP contribution in [0.25, 0.3) is 0 Å². The molecule has 122 valence electrons. The summed E-state index contributed by atoms with van der Waals surface area (Å²) < 4.78 is 167. The molecular formula is C6F14. The smallest absolute Gasteiger partial charge is 0.219 e. The molecule has 0 N–H and O–H groups in total. The van der Waals surface area contributed by atoms with Crippen LogP contribution < -0.4 is 0 Å². The lowest BCUT2D eigenvalue weighted by atomic mass is 9.83. The molecule has 0 radical (unpaired) electrons. The Balaban J connectivity index is 6.71. The Bertz CT molecular complexity index is 284. The third-order valence-electron chi connectivity index (χ3n) is 2.04. The molecule has 0 spiro atoms. The van der Waals surface area contributed by atoms with Gasteiger partial charge in [0.2, 0.25) is 0 Å². The van der Waals surface area contributed by atoms with Gasteiger partial charge in [0.15, 0.2) is 0 Å². The molecule has 0 atom stereocenters. The maximum atomic E-state index is 12.8. The Kier molecular flexibility index (Phi) is 4.05. The van der Waals surface area contributed by atoms with E-state index in [2.05, 4.69) is 0 Å². The van der Waals surface area contributed by atoms with Crippen molar-refractivity contribution in [3.8, 4) is 0 Å². The topological polar surface area (TPSA) is 0 Å². The third kappa shape index (κ3) is 2.25. The standard InChI is InChI=1S/C6F14/c7-1(3(9,10)11,4(12,13)14)2(8,5(15,16)17)6(18,19)20. The van der Waals surface area contributed by atoms with E-state index in [-0.39, 0.29) is 0 Å². The lowest BCUT2D eigenvalue weighted by molar-refractivity contribution is -0.461. The minimum atomic E-state index is -8.22. The fourth-order valence-electron chi connectivity index (χ4n) is 1.10. The highest BCUT2D eigenvalue weighted by atomic mass is 19.4. The van der Waals surface area contributed by atoms with Crippen LogP contribution in [0, 0.1) is 0 Å². The van der Waals surface area contributed by atoms with Gasteiger partial charge in [-0.2, -0.15) is 52.7 Å². The zero-order valence-electron chi connectivity index (χ0n) is 8.29. The molecule has 14 heteroatoms. The first-order valence-electron chi connectivity index (χ1n) is 3.90. The Labute approximate surface area is 98.9 Å². The monoisotopic (exact) mass is 338 g/mol. The maximum absolute atomic E-state index is 12.8. The van der Waals surface area contributed by atoms with E-state index >= 15 is 0 Å². The van der Waals surface area contributed by atoms with Gasteiger partial charge >= 0.3 is 36.0 Å². The van der Waals surface area contributed by atoms with Crippen molar-refractivity contribution in [1.29, 1.82) is 0 Å². The molecule has 0 aromatic rings. The number of alkyl halides is 14. The summed E-state index contributed by atoms with van der Waals surface area (Å²) in [6.07, 6.45) is -31.5. The minimum Gasteiger partial charge on any atom is -0.219 e. The van der Waals surface area contributed by atoms with Crippen LogP contribution >= 0.6 is 0 Å². The van der Waals surface area contributed by atoms with E-state index in [1.165, 1.54) is 0 Å². The lowest BCUT2D eigenvalue weighted by Gasteiger charge is -2.42. The van der Waals surface area contributed by atoms with E-state index in [9.17, 15) is 61.5 Å². The van der Waals surface area contributed by atoms with E-state index in [1.807, 2.05) is 0 Å². The molecule has 0 saturated heterocycles. The van der Waals surface area contributed by atoms with E-state index in [0.717, 1.165) is 0 Å². The molecule has 0 amide bonds. The summed E-state index contributed by atoms with van der Waals surface area (Å²) >= 11 is 0. The predicted octanol–water partition coefficient (Wildman–Crippen LogP) is 4.65. The van der Waals surface area contributed by atoms with Crippen molar-refractivity contribution < 1.29 is 61.5 Å². The van der Waals surface area contributed by atoms with Crippen molar-refractivity contribution in [3.63, 3.8) is 0 Å². The van der Waals surface area contributed by atoms with Crippen molar-refractivity contribution in [2.45, 2.75) is 36.0 Å². The molecule has 20 heavy (non-hydrogen) atoms. The van der Waals surface area contributed by atoms with Crippen LogP contribution in [0.5, 0.6) is 0 Å². The second-order valence-corrected chi connectivity index (χ2v) is 3.31. The van der Waals surface area contributed by atoms with Crippen LogP contribution in [0.15, 0.2) is 0 Å². The number of halogens is 14. The zero-order valence-corrected chi connectivity index (χ0v) is 8.29. The van der Waals surface area contributed by atoms with E-state index in [4.69, 9.17) is 0 Å². The summed E-state index contributed by atoms with van der Waals surface area (Å²) in [6.45, 7) is 0. The van der Waals surface area contributed by atoms with Gasteiger partial charge in [-0.15, -0.1) is 0 Å². The zero-order chi connectivity index (χ0) is 17.0. The van der Waals surface area contributed by atoms with Gasteiger partial charge in [-0.1, -0.05) is 0 Å². The molecule has 0 saturated carbocycles. The van der Waals surface area contributed by atoms with Gasteiger partial charge in [0, 0.05) is 0 Å². The number of rotatable bonds is 1. The van der Waals surface area contributed by atoms with E-state index in [0.29, 0.717) is 0 Å². The molecule has 0 heterocycles. The summed E-state index contributed by atoms with van der Waals surface area (Å²) in [5.74, 6) is 0. The largest absolute Gasteiger partial charge is 0.435 e. The average Bonchev–Trinajstić information content (AvgIpc) is 2.07. The van der Waals surface area contributed by atoms with Gasteiger partial charge in [0.25, 0.3) is 0 Å². The van der Waals surface area contributed by atoms with Crippen LogP contribution in [0.3, 0.4) is 0 Å². The molecule has 0 fully saturated rings. The highest BCUT2D eigenvalue weighted by molar-refractivity contribution is 5.17. The molecule has 0 aliphatic carbocycles. The Morgan fingerprint density at radius 3 is 0.400 bits per heavy atom. The van der Waals surface area contributed by atoms with Gasteiger partial charge < -0.3 is 0 Å². The van der Waals surface area contributed by atoms with Crippen LogP contribution in [-0.2, 0) is 0 Å². The van der Waals surface area contributed by atoms with Crippen molar-refractivity contribution in [2.75, 3.05) is 0 Å². The number of hydrogen-bond donors (Lipinski definition) is 0. The molecular weight excluding hydrogens is 338 g/mol. The first-order valence-corrected chi connectivity index (χ1v) is 3.90. The molecule has 0 rings (SSSR count). The van der Waals surface area contributed by atoms with Gasteiger partial charge in [-0.25, -0.2) is 8.78 Å². The fourth-order valence-corrected chi connectivity index (χ4v) is 1.10. The third-order valence-corrected chi connectivity index (χ3v) is 2.04. The quantitative estimate of drug-likeness (QED) is 0.611. The molecule has 0 aliphatic rings. The Morgan fingerprint density at radius 1 is 0.250 bits per heavy atom. The summed E-state index contributed by atoms with van der Waals surface area (Å²) in [5.41, 5.74) is -16.4. The van der Waals surface area contributed by atoms with Crippen LogP contribution in [-0.4, -0.2) is 36.0 Å². The first-order chi connectivity index (χ1) is 8.25. The van der Waals surface area contributed by atoms with Crippen LogP contribution in [0.4, 0.5) is 61.5 Å². The number of hydrogen-bond acceptors (Lipinski definition) is 0. The fraction of sp³-hybridized carbons (Fsp3) is 1.00. The van der Waals surface area contributed by atoms with Crippen molar-refractivity contribution in [3.05, 3.63) is 0 Å². The first kappa shape index (κ1) is 19.0. The highest BCUT2D eigenvalue weighted by Gasteiger charge is 2.96. The molecule has 0 nitrogen and oxygen atoms in total. The SMILES string of the molecule is FC(F)(F)C(F)(C(F)(F)F)C(F)(C(F)(F)F)C(F)(F)F. The van der Waals surface area contributed by atoms with Crippen LogP contribution in [0.2, 0.25) is 0 Å². The normalized spacial score (nSPS) is 16.5. The predicted molar refractivity (Wildman–Crippen MR) is 31.9 cm³/mol. The van der Waals surface area contributed by atoms with Gasteiger partial charge in [0.1, 0.15) is 0 Å². The summed E-state index contributed by atoms with van der Waals surface area (Å²) in [6, 6.07) is 0. The second-order valence-electron chi connectivity index (χ2n) is 3.31. The molecule has 0 unspecified atom stereocenters. The van der Waals surface area contributed by atoms with E-state index in [1.54, 1.807) is 0 Å². The van der Waals surface area contributed by atoms with Crippen molar-refractivity contribution >= 4 is 0 Å². The Morgan fingerprint density at radius 2 is 0.350 bits per heavy atom. The lowest BCUT2D eigenvalue weighted by Crippen LogP contribution is -2.76. The van der Waals surface area contributed by atoms with Crippen molar-refractivity contribution in [1.82, 2.24) is 0 Å². The summed E-state index contributed by atoms with van der Waals surface area (Å²) in [5, 5.41) is 0. The molecule has 0 aromatic carbocycles. The summed E-state index contributed by atoms with van der Waals surface area (Å²) in [4.78, 5) is 0. The van der Waals surface area contributed by atoms with Crippen LogP contribution in [0.1, 0.15) is 0 Å². The average molecular weight is 338 g/mol. The van der Waals surface area contributed by atoms with Gasteiger partial charge in [-0.05, 0) is 0 Å². The van der Waals surface area contributed by atoms with Gasteiger partial charge in [0.05, 0.1) is 0 Å². The second kappa shape index (κ2) is 4.26. The van der Waals surface area contributed by atoms with Gasteiger partial charge in [-0.3, -0.25) is 0 Å². The minimum absolute atomic E-state index is 7.87. The Hall–Kier alpha value is -0.980. The van der Waals surface area contributed by atoms with Crippen molar-refractivity contribution in [2.24, 2.45) is 0 Å². The molecule has 0 aliphatic heterocycles. The molecule has 0 bridgehead atoms.